The number of rotatable bonds is 3. The average Bonchev–Trinajstić information content (AvgIpc) is 2.53. The second-order valence-corrected chi connectivity index (χ2v) is 5.09. The molecule has 106 valence electrons. The quantitative estimate of drug-likeness (QED) is 0.768. The van der Waals surface area contributed by atoms with Gasteiger partial charge in [-0.25, -0.2) is 4.39 Å². The van der Waals surface area contributed by atoms with Gasteiger partial charge >= 0.3 is 0 Å². The topological polar surface area (TPSA) is 46.2 Å². The molecular formula is C18H16FNO. The molecule has 0 saturated heterocycles. The molecule has 3 heteroatoms. The first-order valence-corrected chi connectivity index (χ1v) is 6.83. The lowest BCUT2D eigenvalue weighted by Gasteiger charge is -2.21. The van der Waals surface area contributed by atoms with Gasteiger partial charge in [0, 0.05) is 0 Å². The number of benzene rings is 3. The molecule has 21 heavy (non-hydrogen) atoms. The highest BCUT2D eigenvalue weighted by molar-refractivity contribution is 5.86. The van der Waals surface area contributed by atoms with Crippen molar-refractivity contribution in [3.63, 3.8) is 0 Å². The van der Waals surface area contributed by atoms with Crippen LogP contribution < -0.4 is 5.73 Å². The van der Waals surface area contributed by atoms with Gasteiger partial charge in [0.05, 0.1) is 12.1 Å². The number of aliphatic hydroxyl groups excluding tert-OH is 1. The predicted molar refractivity (Wildman–Crippen MR) is 82.2 cm³/mol. The monoisotopic (exact) mass is 281 g/mol. The van der Waals surface area contributed by atoms with Crippen LogP contribution in [-0.2, 0) is 0 Å². The largest absolute Gasteiger partial charge is 0.386 e. The van der Waals surface area contributed by atoms with Gasteiger partial charge in [0.2, 0.25) is 0 Å². The number of hydrogen-bond acceptors (Lipinski definition) is 2. The van der Waals surface area contributed by atoms with Crippen LogP contribution in [0, 0.1) is 5.82 Å². The molecule has 3 rings (SSSR count). The molecule has 0 amide bonds. The maximum atomic E-state index is 13.0. The van der Waals surface area contributed by atoms with E-state index in [1.54, 1.807) is 12.1 Å². The first-order chi connectivity index (χ1) is 10.2. The molecule has 0 bridgehead atoms. The molecule has 3 aromatic carbocycles. The zero-order chi connectivity index (χ0) is 14.8. The van der Waals surface area contributed by atoms with E-state index in [9.17, 15) is 9.50 Å². The molecule has 0 saturated carbocycles. The van der Waals surface area contributed by atoms with Crippen LogP contribution in [0.4, 0.5) is 4.39 Å². The first-order valence-electron chi connectivity index (χ1n) is 6.83. The Bertz CT molecular complexity index is 749. The molecule has 0 fully saturated rings. The minimum Gasteiger partial charge on any atom is -0.386 e. The van der Waals surface area contributed by atoms with Crippen LogP contribution in [0.25, 0.3) is 10.8 Å². The molecule has 0 aliphatic heterocycles. The van der Waals surface area contributed by atoms with E-state index in [0.717, 1.165) is 16.3 Å². The van der Waals surface area contributed by atoms with Gasteiger partial charge in [-0.2, -0.15) is 0 Å². The molecule has 3 N–H and O–H groups in total. The van der Waals surface area contributed by atoms with Gasteiger partial charge < -0.3 is 10.8 Å². The van der Waals surface area contributed by atoms with E-state index < -0.39 is 12.1 Å². The van der Waals surface area contributed by atoms with Crippen molar-refractivity contribution in [3.05, 3.63) is 83.7 Å². The molecule has 0 aliphatic rings. The minimum absolute atomic E-state index is 0.314. The number of fused-ring (bicyclic) bond motifs is 1. The van der Waals surface area contributed by atoms with Crippen LogP contribution in [-0.4, -0.2) is 5.11 Å². The van der Waals surface area contributed by atoms with Crippen molar-refractivity contribution in [2.24, 2.45) is 5.73 Å². The summed E-state index contributed by atoms with van der Waals surface area (Å²) in [6.45, 7) is 0. The molecule has 2 nitrogen and oxygen atoms in total. The first kappa shape index (κ1) is 13.7. The van der Waals surface area contributed by atoms with Crippen LogP contribution in [0.15, 0.2) is 66.7 Å². The maximum Gasteiger partial charge on any atom is 0.123 e. The summed E-state index contributed by atoms with van der Waals surface area (Å²) < 4.78 is 13.0. The summed E-state index contributed by atoms with van der Waals surface area (Å²) in [5.74, 6) is -0.314. The van der Waals surface area contributed by atoms with Gasteiger partial charge in [0.15, 0.2) is 0 Å². The lowest BCUT2D eigenvalue weighted by Crippen LogP contribution is -2.19. The third-order valence-corrected chi connectivity index (χ3v) is 3.74. The standard InChI is InChI=1S/C18H16FNO/c19-14-10-8-13(9-11-14)17(20)18(21)16-7-3-5-12-4-1-2-6-15(12)16/h1-11,17-18,21H,20H2. The number of hydrogen-bond donors (Lipinski definition) is 2. The van der Waals surface area contributed by atoms with Crippen molar-refractivity contribution < 1.29 is 9.50 Å². The van der Waals surface area contributed by atoms with Gasteiger partial charge in [0.25, 0.3) is 0 Å². The number of aliphatic hydroxyl groups is 1. The molecule has 0 aliphatic carbocycles. The number of halogens is 1. The van der Waals surface area contributed by atoms with Crippen molar-refractivity contribution in [2.75, 3.05) is 0 Å². The van der Waals surface area contributed by atoms with E-state index >= 15 is 0 Å². The van der Waals surface area contributed by atoms with Crippen LogP contribution in [0.5, 0.6) is 0 Å². The Balaban J connectivity index is 2.00. The van der Waals surface area contributed by atoms with E-state index in [0.29, 0.717) is 5.56 Å². The summed E-state index contributed by atoms with van der Waals surface area (Å²) in [5.41, 5.74) is 7.63. The SMILES string of the molecule is NC(c1ccc(F)cc1)C(O)c1cccc2ccccc12. The molecule has 3 aromatic rings. The Labute approximate surface area is 122 Å². The Morgan fingerprint density at radius 2 is 1.52 bits per heavy atom. The van der Waals surface area contributed by atoms with Crippen LogP contribution in [0.1, 0.15) is 23.3 Å². The summed E-state index contributed by atoms with van der Waals surface area (Å²) in [6, 6.07) is 18.9. The highest BCUT2D eigenvalue weighted by atomic mass is 19.1. The Kier molecular flexibility index (Phi) is 3.69. The van der Waals surface area contributed by atoms with E-state index in [2.05, 4.69) is 0 Å². The fraction of sp³-hybridized carbons (Fsp3) is 0.111. The summed E-state index contributed by atoms with van der Waals surface area (Å²) in [7, 11) is 0. The fourth-order valence-electron chi connectivity index (χ4n) is 2.57. The van der Waals surface area contributed by atoms with Crippen molar-refractivity contribution >= 4 is 10.8 Å². The molecule has 0 spiro atoms. The van der Waals surface area contributed by atoms with Gasteiger partial charge in [-0.05, 0) is 34.0 Å². The van der Waals surface area contributed by atoms with Crippen molar-refractivity contribution in [3.8, 4) is 0 Å². The minimum atomic E-state index is -0.846. The van der Waals surface area contributed by atoms with Crippen LogP contribution in [0.2, 0.25) is 0 Å². The molecule has 2 atom stereocenters. The molecule has 0 radical (unpaired) electrons. The Morgan fingerprint density at radius 1 is 0.857 bits per heavy atom. The summed E-state index contributed by atoms with van der Waals surface area (Å²) in [6.07, 6.45) is -0.846. The van der Waals surface area contributed by atoms with E-state index in [4.69, 9.17) is 5.73 Å². The zero-order valence-electron chi connectivity index (χ0n) is 11.4. The predicted octanol–water partition coefficient (Wildman–Crippen LogP) is 3.71. The van der Waals surface area contributed by atoms with E-state index in [1.165, 1.54) is 12.1 Å². The molecule has 0 aromatic heterocycles. The number of nitrogens with two attached hydrogens (primary N) is 1. The lowest BCUT2D eigenvalue weighted by molar-refractivity contribution is 0.148. The average molecular weight is 281 g/mol. The fourth-order valence-corrected chi connectivity index (χ4v) is 2.57. The van der Waals surface area contributed by atoms with E-state index in [-0.39, 0.29) is 5.82 Å². The maximum absolute atomic E-state index is 13.0. The smallest absolute Gasteiger partial charge is 0.123 e. The summed E-state index contributed by atoms with van der Waals surface area (Å²) in [4.78, 5) is 0. The normalized spacial score (nSPS) is 14.0. The summed E-state index contributed by atoms with van der Waals surface area (Å²) >= 11 is 0. The second-order valence-electron chi connectivity index (χ2n) is 5.09. The van der Waals surface area contributed by atoms with Crippen molar-refractivity contribution in [1.29, 1.82) is 0 Å². The Morgan fingerprint density at radius 3 is 2.29 bits per heavy atom. The highest BCUT2D eigenvalue weighted by Crippen LogP contribution is 2.31. The van der Waals surface area contributed by atoms with Crippen molar-refractivity contribution in [1.82, 2.24) is 0 Å². The van der Waals surface area contributed by atoms with E-state index in [1.807, 2.05) is 42.5 Å². The lowest BCUT2D eigenvalue weighted by atomic mass is 9.93. The zero-order valence-corrected chi connectivity index (χ0v) is 11.4. The van der Waals surface area contributed by atoms with Gasteiger partial charge in [-0.1, -0.05) is 54.6 Å². The van der Waals surface area contributed by atoms with Crippen molar-refractivity contribution in [2.45, 2.75) is 12.1 Å². The third kappa shape index (κ3) is 2.66. The van der Waals surface area contributed by atoms with Crippen LogP contribution >= 0.6 is 0 Å². The van der Waals surface area contributed by atoms with Gasteiger partial charge in [-0.3, -0.25) is 0 Å². The molecule has 0 heterocycles. The second kappa shape index (κ2) is 5.64. The molecule has 2 unspecified atom stereocenters. The Hall–Kier alpha value is -2.23. The highest BCUT2D eigenvalue weighted by Gasteiger charge is 2.20. The van der Waals surface area contributed by atoms with Gasteiger partial charge in [-0.15, -0.1) is 0 Å². The third-order valence-electron chi connectivity index (χ3n) is 3.74. The summed E-state index contributed by atoms with van der Waals surface area (Å²) in [5, 5.41) is 12.6. The molecular weight excluding hydrogens is 265 g/mol. The van der Waals surface area contributed by atoms with Crippen LogP contribution in [0.3, 0.4) is 0 Å². The van der Waals surface area contributed by atoms with Gasteiger partial charge in [0.1, 0.15) is 5.82 Å².